The highest BCUT2D eigenvalue weighted by Crippen LogP contribution is 2.26. The molecule has 0 N–H and O–H groups in total. The van der Waals surface area contributed by atoms with Crippen LogP contribution in [0, 0.1) is 0 Å². The van der Waals surface area contributed by atoms with E-state index >= 15 is 0 Å². The number of hydrogen-bond acceptors (Lipinski definition) is 3. The van der Waals surface area contributed by atoms with E-state index in [0.29, 0.717) is 13.2 Å². The summed E-state index contributed by atoms with van der Waals surface area (Å²) < 4.78 is 4.98. The quantitative estimate of drug-likeness (QED) is 0.804. The highest BCUT2D eigenvalue weighted by atomic mass is 16.6. The smallest absolute Gasteiger partial charge is 0.414 e. The van der Waals surface area contributed by atoms with Gasteiger partial charge in [0.2, 0.25) is 0 Å². The molecule has 4 heteroatoms. The Hall–Kier alpha value is -1.71. The highest BCUT2D eigenvalue weighted by Gasteiger charge is 2.24. The molecule has 0 radical (unpaired) electrons. The summed E-state index contributed by atoms with van der Waals surface area (Å²) in [5.41, 5.74) is 2.16. The van der Waals surface area contributed by atoms with Crippen LogP contribution in [0.4, 0.5) is 16.2 Å². The summed E-state index contributed by atoms with van der Waals surface area (Å²) in [6.45, 7) is 3.39. The Morgan fingerprint density at radius 2 is 1.78 bits per heavy atom. The molecule has 18 heavy (non-hydrogen) atoms. The van der Waals surface area contributed by atoms with Gasteiger partial charge in [0, 0.05) is 24.5 Å². The first kappa shape index (κ1) is 11.4. The van der Waals surface area contributed by atoms with E-state index < -0.39 is 0 Å². The first-order valence-electron chi connectivity index (χ1n) is 6.64. The minimum Gasteiger partial charge on any atom is -0.447 e. The summed E-state index contributed by atoms with van der Waals surface area (Å²) >= 11 is 0. The SMILES string of the molecule is O=C1OCCN1c1cccc(N2CCCCC2)c1. The summed E-state index contributed by atoms with van der Waals surface area (Å²) in [5.74, 6) is 0. The van der Waals surface area contributed by atoms with Crippen LogP contribution in [0.25, 0.3) is 0 Å². The van der Waals surface area contributed by atoms with E-state index in [4.69, 9.17) is 4.74 Å². The zero-order chi connectivity index (χ0) is 12.4. The van der Waals surface area contributed by atoms with Gasteiger partial charge in [-0.1, -0.05) is 6.07 Å². The lowest BCUT2D eigenvalue weighted by Crippen LogP contribution is -2.30. The third-order valence-corrected chi connectivity index (χ3v) is 3.62. The molecular weight excluding hydrogens is 228 g/mol. The van der Waals surface area contributed by atoms with Gasteiger partial charge in [0.05, 0.1) is 6.54 Å². The number of rotatable bonds is 2. The third kappa shape index (κ3) is 2.15. The molecule has 0 aromatic heterocycles. The second kappa shape index (κ2) is 4.88. The molecule has 2 saturated heterocycles. The molecule has 2 fully saturated rings. The molecule has 0 saturated carbocycles. The lowest BCUT2D eigenvalue weighted by Gasteiger charge is -2.29. The first-order chi connectivity index (χ1) is 8.84. The van der Waals surface area contributed by atoms with Gasteiger partial charge >= 0.3 is 6.09 Å². The van der Waals surface area contributed by atoms with Crippen LogP contribution < -0.4 is 9.80 Å². The van der Waals surface area contributed by atoms with E-state index in [1.165, 1.54) is 24.9 Å². The molecular formula is C14H18N2O2. The number of hydrogen-bond donors (Lipinski definition) is 0. The van der Waals surface area contributed by atoms with Gasteiger partial charge in [0.25, 0.3) is 0 Å². The molecule has 0 atom stereocenters. The van der Waals surface area contributed by atoms with E-state index in [-0.39, 0.29) is 6.09 Å². The van der Waals surface area contributed by atoms with Crippen molar-refractivity contribution >= 4 is 17.5 Å². The Morgan fingerprint density at radius 3 is 2.50 bits per heavy atom. The minimum absolute atomic E-state index is 0.231. The lowest BCUT2D eigenvalue weighted by molar-refractivity contribution is 0.181. The van der Waals surface area contributed by atoms with E-state index in [1.807, 2.05) is 12.1 Å². The van der Waals surface area contributed by atoms with Gasteiger partial charge < -0.3 is 9.64 Å². The van der Waals surface area contributed by atoms with E-state index in [2.05, 4.69) is 17.0 Å². The lowest BCUT2D eigenvalue weighted by atomic mass is 10.1. The Balaban J connectivity index is 1.82. The maximum absolute atomic E-state index is 11.6. The Bertz CT molecular complexity index is 441. The van der Waals surface area contributed by atoms with Crippen molar-refractivity contribution in [3.05, 3.63) is 24.3 Å². The normalized spacial score (nSPS) is 20.1. The van der Waals surface area contributed by atoms with Crippen LogP contribution in [0.15, 0.2) is 24.3 Å². The predicted molar refractivity (Wildman–Crippen MR) is 71.2 cm³/mol. The van der Waals surface area contributed by atoms with Gasteiger partial charge in [0.1, 0.15) is 6.61 Å². The number of cyclic esters (lactones) is 1. The molecule has 4 nitrogen and oxygen atoms in total. The maximum atomic E-state index is 11.6. The fourth-order valence-corrected chi connectivity index (χ4v) is 2.64. The van der Waals surface area contributed by atoms with E-state index in [9.17, 15) is 4.79 Å². The van der Waals surface area contributed by atoms with Crippen molar-refractivity contribution in [3.8, 4) is 0 Å². The summed E-state index contributed by atoms with van der Waals surface area (Å²) in [6.07, 6.45) is 3.62. The van der Waals surface area contributed by atoms with E-state index in [1.54, 1.807) is 4.90 Å². The number of anilines is 2. The molecule has 2 aliphatic rings. The Morgan fingerprint density at radius 1 is 1.00 bits per heavy atom. The Kier molecular flexibility index (Phi) is 3.09. The number of amides is 1. The van der Waals surface area contributed by atoms with Gasteiger partial charge in [-0.2, -0.15) is 0 Å². The molecule has 96 valence electrons. The van der Waals surface area contributed by atoms with Crippen LogP contribution in [-0.4, -0.2) is 32.3 Å². The minimum atomic E-state index is -0.231. The van der Waals surface area contributed by atoms with Crippen LogP contribution in [0.1, 0.15) is 19.3 Å². The van der Waals surface area contributed by atoms with Gasteiger partial charge in [-0.3, -0.25) is 4.90 Å². The van der Waals surface area contributed by atoms with Crippen molar-refractivity contribution in [2.45, 2.75) is 19.3 Å². The molecule has 1 amide bonds. The van der Waals surface area contributed by atoms with Crippen LogP contribution in [0.5, 0.6) is 0 Å². The molecule has 2 aliphatic heterocycles. The fraction of sp³-hybridized carbons (Fsp3) is 0.500. The number of benzene rings is 1. The molecule has 1 aromatic carbocycles. The van der Waals surface area contributed by atoms with E-state index in [0.717, 1.165) is 18.8 Å². The topological polar surface area (TPSA) is 32.8 Å². The third-order valence-electron chi connectivity index (χ3n) is 3.62. The van der Waals surface area contributed by atoms with Gasteiger partial charge in [-0.05, 0) is 37.5 Å². The van der Waals surface area contributed by atoms with Crippen molar-refractivity contribution < 1.29 is 9.53 Å². The second-order valence-electron chi connectivity index (χ2n) is 4.83. The zero-order valence-electron chi connectivity index (χ0n) is 10.5. The average molecular weight is 246 g/mol. The number of carbonyl (C=O) groups excluding carboxylic acids is 1. The molecule has 0 bridgehead atoms. The molecule has 0 spiro atoms. The largest absolute Gasteiger partial charge is 0.447 e. The summed E-state index contributed by atoms with van der Waals surface area (Å²) in [5, 5.41) is 0. The number of carbonyl (C=O) groups is 1. The highest BCUT2D eigenvalue weighted by molar-refractivity contribution is 5.90. The first-order valence-corrected chi connectivity index (χ1v) is 6.64. The summed E-state index contributed by atoms with van der Waals surface area (Å²) in [6, 6.07) is 8.21. The van der Waals surface area contributed by atoms with Gasteiger partial charge in [-0.15, -0.1) is 0 Å². The number of nitrogens with zero attached hydrogens (tertiary/aromatic N) is 2. The summed E-state index contributed by atoms with van der Waals surface area (Å²) in [7, 11) is 0. The molecule has 3 rings (SSSR count). The van der Waals surface area contributed by atoms with Crippen molar-refractivity contribution in [3.63, 3.8) is 0 Å². The Labute approximate surface area is 107 Å². The molecule has 2 heterocycles. The summed E-state index contributed by atoms with van der Waals surface area (Å²) in [4.78, 5) is 15.7. The fourth-order valence-electron chi connectivity index (χ4n) is 2.64. The van der Waals surface area contributed by atoms with Crippen LogP contribution in [0.3, 0.4) is 0 Å². The van der Waals surface area contributed by atoms with Crippen molar-refractivity contribution in [2.24, 2.45) is 0 Å². The average Bonchev–Trinajstić information content (AvgIpc) is 2.86. The standard InChI is InChI=1S/C14H18N2O2/c17-14-16(9-10-18-14)13-6-4-5-12(11-13)15-7-2-1-3-8-15/h4-6,11H,1-3,7-10H2. The van der Waals surface area contributed by atoms with Crippen molar-refractivity contribution in [1.82, 2.24) is 0 Å². The monoisotopic (exact) mass is 246 g/mol. The predicted octanol–water partition coefficient (Wildman–Crippen LogP) is 2.63. The van der Waals surface area contributed by atoms with Crippen LogP contribution in [-0.2, 0) is 4.74 Å². The van der Waals surface area contributed by atoms with Crippen molar-refractivity contribution in [2.75, 3.05) is 36.0 Å². The molecule has 0 unspecified atom stereocenters. The van der Waals surface area contributed by atoms with Gasteiger partial charge in [-0.25, -0.2) is 4.79 Å². The van der Waals surface area contributed by atoms with Gasteiger partial charge in [0.15, 0.2) is 0 Å². The maximum Gasteiger partial charge on any atom is 0.414 e. The molecule has 1 aromatic rings. The zero-order valence-corrected chi connectivity index (χ0v) is 10.5. The molecule has 0 aliphatic carbocycles. The van der Waals surface area contributed by atoms with Crippen molar-refractivity contribution in [1.29, 1.82) is 0 Å². The van der Waals surface area contributed by atoms with Crippen LogP contribution >= 0.6 is 0 Å². The van der Waals surface area contributed by atoms with Crippen LogP contribution in [0.2, 0.25) is 0 Å². The number of piperidine rings is 1. The number of ether oxygens (including phenoxy) is 1. The second-order valence-corrected chi connectivity index (χ2v) is 4.83.